The van der Waals surface area contributed by atoms with Gasteiger partial charge in [-0.15, -0.1) is 11.3 Å². The second kappa shape index (κ2) is 7.31. The number of benzene rings is 1. The van der Waals surface area contributed by atoms with E-state index in [9.17, 15) is 13.5 Å². The van der Waals surface area contributed by atoms with E-state index in [2.05, 4.69) is 0 Å². The van der Waals surface area contributed by atoms with E-state index >= 15 is 0 Å². The molecule has 0 radical (unpaired) electrons. The molecule has 0 saturated carbocycles. The van der Waals surface area contributed by atoms with Crippen molar-refractivity contribution >= 4 is 21.4 Å². The lowest BCUT2D eigenvalue weighted by atomic mass is 10.3. The smallest absolute Gasteiger partial charge is 0.246 e. The third kappa shape index (κ3) is 3.84. The summed E-state index contributed by atoms with van der Waals surface area (Å²) in [7, 11) is 0.521. The van der Waals surface area contributed by atoms with Gasteiger partial charge in [0.25, 0.3) is 0 Å². The molecule has 0 amide bonds. The predicted octanol–water partition coefficient (Wildman–Crippen LogP) is 2.12. The van der Waals surface area contributed by atoms with Gasteiger partial charge in [-0.05, 0) is 23.6 Å². The van der Waals surface area contributed by atoms with Crippen LogP contribution >= 0.6 is 11.3 Å². The molecule has 0 bridgehead atoms. The fourth-order valence-corrected chi connectivity index (χ4v) is 4.08. The number of aliphatic hydroxyl groups excluding tert-OH is 1. The van der Waals surface area contributed by atoms with Crippen LogP contribution < -0.4 is 9.47 Å². The van der Waals surface area contributed by atoms with Crippen molar-refractivity contribution in [2.75, 3.05) is 27.8 Å². The van der Waals surface area contributed by atoms with Crippen molar-refractivity contribution in [1.29, 1.82) is 0 Å². The largest absolute Gasteiger partial charge is 0.497 e. The standard InChI is InChI=1S/C15H19NO5S2/c1-16(10-12(17)14-5-4-8-22-14)23(18,19)15-7-6-11(20-2)9-13(15)21-3/h4-9,12,17H,10H2,1-3H3. The lowest BCUT2D eigenvalue weighted by Gasteiger charge is -2.21. The summed E-state index contributed by atoms with van der Waals surface area (Å²) in [5.41, 5.74) is 0. The zero-order chi connectivity index (χ0) is 17.0. The molecular weight excluding hydrogens is 338 g/mol. The Hall–Kier alpha value is -1.61. The third-order valence-corrected chi connectivity index (χ3v) is 6.20. The Kier molecular flexibility index (Phi) is 5.64. The molecule has 0 saturated heterocycles. The Morgan fingerprint density at radius 3 is 2.57 bits per heavy atom. The molecule has 2 aromatic rings. The minimum absolute atomic E-state index is 0.0293. The quantitative estimate of drug-likeness (QED) is 0.821. The summed E-state index contributed by atoms with van der Waals surface area (Å²) in [5, 5.41) is 12.0. The van der Waals surface area contributed by atoms with Gasteiger partial charge in [0.05, 0.1) is 14.2 Å². The molecule has 0 aliphatic heterocycles. The lowest BCUT2D eigenvalue weighted by molar-refractivity contribution is 0.158. The van der Waals surface area contributed by atoms with Gasteiger partial charge in [-0.3, -0.25) is 0 Å². The number of sulfonamides is 1. The molecule has 1 atom stereocenters. The fourth-order valence-electron chi connectivity index (χ4n) is 2.07. The second-order valence-electron chi connectivity index (χ2n) is 4.83. The van der Waals surface area contributed by atoms with E-state index in [0.29, 0.717) is 10.6 Å². The number of methoxy groups -OCH3 is 2. The van der Waals surface area contributed by atoms with Crippen molar-refractivity contribution in [2.45, 2.75) is 11.0 Å². The number of aliphatic hydroxyl groups is 1. The average Bonchev–Trinajstić information content (AvgIpc) is 3.08. The minimum Gasteiger partial charge on any atom is -0.497 e. The van der Waals surface area contributed by atoms with Crippen molar-refractivity contribution in [3.05, 3.63) is 40.6 Å². The van der Waals surface area contributed by atoms with Crippen LogP contribution in [0.15, 0.2) is 40.6 Å². The number of hydrogen-bond donors (Lipinski definition) is 1. The molecule has 1 aromatic heterocycles. The molecule has 23 heavy (non-hydrogen) atoms. The van der Waals surface area contributed by atoms with Crippen LogP contribution in [0.4, 0.5) is 0 Å². The second-order valence-corrected chi connectivity index (χ2v) is 7.83. The SMILES string of the molecule is COc1ccc(S(=O)(=O)N(C)CC(O)c2cccs2)c(OC)c1. The average molecular weight is 357 g/mol. The molecular formula is C15H19NO5S2. The first-order chi connectivity index (χ1) is 10.9. The summed E-state index contributed by atoms with van der Waals surface area (Å²) < 4.78 is 36.8. The Labute approximate surface area is 139 Å². The van der Waals surface area contributed by atoms with Gasteiger partial charge in [0.1, 0.15) is 22.5 Å². The van der Waals surface area contributed by atoms with Crippen molar-refractivity contribution in [3.63, 3.8) is 0 Å². The van der Waals surface area contributed by atoms with Crippen LogP contribution in [0, 0.1) is 0 Å². The van der Waals surface area contributed by atoms with E-state index in [1.807, 2.05) is 11.4 Å². The van der Waals surface area contributed by atoms with Gasteiger partial charge in [-0.2, -0.15) is 4.31 Å². The molecule has 0 aliphatic rings. The van der Waals surface area contributed by atoms with Crippen LogP contribution in [-0.2, 0) is 10.0 Å². The van der Waals surface area contributed by atoms with Gasteiger partial charge in [0, 0.05) is 24.5 Å². The molecule has 6 nitrogen and oxygen atoms in total. The van der Waals surface area contributed by atoms with E-state index in [0.717, 1.165) is 4.31 Å². The molecule has 2 rings (SSSR count). The van der Waals surface area contributed by atoms with Gasteiger partial charge < -0.3 is 14.6 Å². The molecule has 1 N–H and O–H groups in total. The van der Waals surface area contributed by atoms with Crippen molar-refractivity contribution in [3.8, 4) is 11.5 Å². The normalized spacial score (nSPS) is 13.1. The van der Waals surface area contributed by atoms with Crippen LogP contribution in [0.1, 0.15) is 11.0 Å². The summed E-state index contributed by atoms with van der Waals surface area (Å²) >= 11 is 1.38. The zero-order valence-electron chi connectivity index (χ0n) is 13.1. The number of hydrogen-bond acceptors (Lipinski definition) is 6. The number of nitrogens with zero attached hydrogens (tertiary/aromatic N) is 1. The van der Waals surface area contributed by atoms with E-state index in [4.69, 9.17) is 9.47 Å². The Bertz CT molecular complexity index is 743. The molecule has 126 valence electrons. The maximum Gasteiger partial charge on any atom is 0.246 e. The summed E-state index contributed by atoms with van der Waals surface area (Å²) in [4.78, 5) is 0.746. The van der Waals surface area contributed by atoms with E-state index in [1.54, 1.807) is 12.1 Å². The van der Waals surface area contributed by atoms with Crippen LogP contribution in [0.25, 0.3) is 0 Å². The Morgan fingerprint density at radius 1 is 1.26 bits per heavy atom. The first kappa shape index (κ1) is 17.7. The van der Waals surface area contributed by atoms with Crippen LogP contribution in [0.5, 0.6) is 11.5 Å². The van der Waals surface area contributed by atoms with Crippen molar-refractivity contribution < 1.29 is 23.0 Å². The zero-order valence-corrected chi connectivity index (χ0v) is 14.7. The number of ether oxygens (including phenoxy) is 2. The van der Waals surface area contributed by atoms with E-state index < -0.39 is 16.1 Å². The van der Waals surface area contributed by atoms with Crippen molar-refractivity contribution in [1.82, 2.24) is 4.31 Å². The predicted molar refractivity (Wildman–Crippen MR) is 88.6 cm³/mol. The first-order valence-corrected chi connectivity index (χ1v) is 9.12. The highest BCUT2D eigenvalue weighted by atomic mass is 32.2. The van der Waals surface area contributed by atoms with Gasteiger partial charge in [0.2, 0.25) is 10.0 Å². The highest BCUT2D eigenvalue weighted by Gasteiger charge is 2.27. The van der Waals surface area contributed by atoms with Gasteiger partial charge >= 0.3 is 0 Å². The summed E-state index contributed by atoms with van der Waals surface area (Å²) in [6, 6.07) is 8.07. The maximum atomic E-state index is 12.7. The molecule has 1 unspecified atom stereocenters. The van der Waals surface area contributed by atoms with Gasteiger partial charge in [0.15, 0.2) is 0 Å². The van der Waals surface area contributed by atoms with E-state index in [-0.39, 0.29) is 17.2 Å². The fraction of sp³-hybridized carbons (Fsp3) is 0.333. The van der Waals surface area contributed by atoms with Crippen molar-refractivity contribution in [2.24, 2.45) is 0 Å². The van der Waals surface area contributed by atoms with Gasteiger partial charge in [-0.1, -0.05) is 6.07 Å². The first-order valence-electron chi connectivity index (χ1n) is 6.80. The number of rotatable bonds is 7. The van der Waals surface area contributed by atoms with Crippen LogP contribution in [0.2, 0.25) is 0 Å². The molecule has 1 heterocycles. The highest BCUT2D eigenvalue weighted by molar-refractivity contribution is 7.89. The highest BCUT2D eigenvalue weighted by Crippen LogP contribution is 2.31. The Morgan fingerprint density at radius 2 is 2.00 bits per heavy atom. The number of thiophene rings is 1. The van der Waals surface area contributed by atoms with E-state index in [1.165, 1.54) is 44.7 Å². The molecule has 0 fully saturated rings. The molecule has 0 spiro atoms. The summed E-state index contributed by atoms with van der Waals surface area (Å²) in [5.74, 6) is 0.698. The third-order valence-electron chi connectivity index (χ3n) is 3.36. The maximum absolute atomic E-state index is 12.7. The molecule has 0 aliphatic carbocycles. The summed E-state index contributed by atoms with van der Waals surface area (Å²) in [6.45, 7) is -0.0436. The topological polar surface area (TPSA) is 76.1 Å². The van der Waals surface area contributed by atoms with Gasteiger partial charge in [-0.25, -0.2) is 8.42 Å². The Balaban J connectivity index is 2.27. The van der Waals surface area contributed by atoms with Crippen LogP contribution in [-0.4, -0.2) is 45.6 Å². The molecule has 8 heteroatoms. The number of likely N-dealkylation sites (N-methyl/N-ethyl adjacent to an activating group) is 1. The lowest BCUT2D eigenvalue weighted by Crippen LogP contribution is -2.31. The minimum atomic E-state index is -3.80. The van der Waals surface area contributed by atoms with Crippen LogP contribution in [0.3, 0.4) is 0 Å². The molecule has 1 aromatic carbocycles. The monoisotopic (exact) mass is 357 g/mol. The summed E-state index contributed by atoms with van der Waals surface area (Å²) in [6.07, 6.45) is -0.876.